The number of nitrogens with two attached hydrogens (primary N) is 1. The molecule has 0 saturated heterocycles. The Bertz CT molecular complexity index is 672. The molecule has 2 aromatic carbocycles. The van der Waals surface area contributed by atoms with Crippen LogP contribution >= 0.6 is 12.4 Å². The van der Waals surface area contributed by atoms with Crippen LogP contribution in [0, 0.1) is 0 Å². The van der Waals surface area contributed by atoms with Gasteiger partial charge in [0.25, 0.3) is 0 Å². The van der Waals surface area contributed by atoms with Crippen molar-refractivity contribution >= 4 is 18.4 Å². The van der Waals surface area contributed by atoms with Crippen LogP contribution in [0.2, 0.25) is 0 Å². The Morgan fingerprint density at radius 2 is 1.46 bits per heavy atom. The topological polar surface area (TPSA) is 61.5 Å². The highest BCUT2D eigenvalue weighted by Crippen LogP contribution is 2.26. The van der Waals surface area contributed by atoms with E-state index in [1.54, 1.807) is 24.3 Å². The number of methoxy groups -OCH3 is 1. The molecule has 2 rings (SSSR count). The van der Waals surface area contributed by atoms with Gasteiger partial charge in [-0.1, -0.05) is 24.3 Å². The molecule has 4 nitrogen and oxygen atoms in total. The number of rotatable bonds is 4. The summed E-state index contributed by atoms with van der Waals surface area (Å²) in [5.74, 6) is -0.770. The quantitative estimate of drug-likeness (QED) is 0.840. The molecule has 1 atom stereocenters. The molecule has 0 heterocycles. The van der Waals surface area contributed by atoms with E-state index in [9.17, 15) is 18.0 Å². The van der Waals surface area contributed by atoms with Crippen LogP contribution in [0.15, 0.2) is 48.5 Å². The van der Waals surface area contributed by atoms with Crippen molar-refractivity contribution in [2.75, 3.05) is 7.11 Å². The fourth-order valence-electron chi connectivity index (χ4n) is 2.01. The molecule has 0 fully saturated rings. The minimum Gasteiger partial charge on any atom is -0.465 e. The number of alkyl halides is 3. The normalized spacial score (nSPS) is 12.0. The van der Waals surface area contributed by atoms with Gasteiger partial charge in [-0.2, -0.15) is 0 Å². The number of hydrogen-bond donors (Lipinski definition) is 1. The number of benzene rings is 2. The van der Waals surface area contributed by atoms with E-state index in [1.807, 2.05) is 0 Å². The van der Waals surface area contributed by atoms with Gasteiger partial charge >= 0.3 is 12.3 Å². The monoisotopic (exact) mass is 361 g/mol. The van der Waals surface area contributed by atoms with Gasteiger partial charge in [0.15, 0.2) is 0 Å². The zero-order valence-electron chi connectivity index (χ0n) is 12.5. The molecule has 0 aromatic heterocycles. The molecule has 0 bridgehead atoms. The van der Waals surface area contributed by atoms with Crippen molar-refractivity contribution in [2.24, 2.45) is 5.73 Å². The van der Waals surface area contributed by atoms with Crippen LogP contribution in [0.5, 0.6) is 5.75 Å². The van der Waals surface area contributed by atoms with Crippen molar-refractivity contribution in [2.45, 2.75) is 12.4 Å². The molecule has 2 aromatic rings. The number of esters is 1. The van der Waals surface area contributed by atoms with E-state index >= 15 is 0 Å². The molecule has 0 unspecified atom stereocenters. The fourth-order valence-corrected chi connectivity index (χ4v) is 2.01. The lowest BCUT2D eigenvalue weighted by molar-refractivity contribution is -0.274. The number of carbonyl (C=O) groups excluding carboxylic acids is 1. The highest BCUT2D eigenvalue weighted by molar-refractivity contribution is 5.89. The van der Waals surface area contributed by atoms with Crippen LogP contribution in [0.4, 0.5) is 13.2 Å². The van der Waals surface area contributed by atoms with Gasteiger partial charge in [-0.25, -0.2) is 4.79 Å². The Labute approximate surface area is 142 Å². The van der Waals surface area contributed by atoms with Crippen molar-refractivity contribution in [3.8, 4) is 5.75 Å². The van der Waals surface area contributed by atoms with Gasteiger partial charge in [-0.15, -0.1) is 25.6 Å². The first-order chi connectivity index (χ1) is 10.8. The summed E-state index contributed by atoms with van der Waals surface area (Å²) < 4.78 is 44.7. The first-order valence-electron chi connectivity index (χ1n) is 6.60. The number of carbonyl (C=O) groups is 1. The van der Waals surface area contributed by atoms with Gasteiger partial charge in [0.05, 0.1) is 18.7 Å². The van der Waals surface area contributed by atoms with E-state index in [2.05, 4.69) is 9.47 Å². The molecule has 0 aliphatic heterocycles. The lowest BCUT2D eigenvalue weighted by Crippen LogP contribution is -2.17. The average Bonchev–Trinajstić information content (AvgIpc) is 2.53. The van der Waals surface area contributed by atoms with Gasteiger partial charge < -0.3 is 15.2 Å². The van der Waals surface area contributed by atoms with Crippen LogP contribution in [-0.4, -0.2) is 19.4 Å². The molecule has 0 aliphatic carbocycles. The molecule has 8 heteroatoms. The summed E-state index contributed by atoms with van der Waals surface area (Å²) in [7, 11) is 1.28. The van der Waals surface area contributed by atoms with E-state index in [-0.39, 0.29) is 18.2 Å². The van der Waals surface area contributed by atoms with E-state index < -0.39 is 18.4 Å². The fraction of sp³-hybridized carbons (Fsp3) is 0.188. The number of halogens is 4. The lowest BCUT2D eigenvalue weighted by atomic mass is 9.98. The van der Waals surface area contributed by atoms with Crippen molar-refractivity contribution in [1.82, 2.24) is 0 Å². The highest BCUT2D eigenvalue weighted by Gasteiger charge is 2.31. The zero-order chi connectivity index (χ0) is 17.0. The maximum atomic E-state index is 12.1. The second-order valence-electron chi connectivity index (χ2n) is 4.71. The summed E-state index contributed by atoms with van der Waals surface area (Å²) in [6.45, 7) is 0. The molecule has 0 radical (unpaired) electrons. The van der Waals surface area contributed by atoms with Gasteiger partial charge in [-0.05, 0) is 35.4 Å². The first kappa shape index (κ1) is 19.8. The molecular weight excluding hydrogens is 347 g/mol. The third-order valence-electron chi connectivity index (χ3n) is 3.16. The number of ether oxygens (including phenoxy) is 2. The van der Waals surface area contributed by atoms with Gasteiger partial charge in [-0.3, -0.25) is 0 Å². The Morgan fingerprint density at radius 3 is 1.88 bits per heavy atom. The van der Waals surface area contributed by atoms with E-state index in [0.29, 0.717) is 16.7 Å². The van der Waals surface area contributed by atoms with E-state index in [1.165, 1.54) is 31.4 Å². The van der Waals surface area contributed by atoms with Gasteiger partial charge in [0.1, 0.15) is 5.75 Å². The molecule has 0 saturated carbocycles. The van der Waals surface area contributed by atoms with Crippen molar-refractivity contribution in [3.05, 3.63) is 65.2 Å². The molecule has 24 heavy (non-hydrogen) atoms. The smallest absolute Gasteiger partial charge is 0.465 e. The van der Waals surface area contributed by atoms with Crippen molar-refractivity contribution in [1.29, 1.82) is 0 Å². The third kappa shape index (κ3) is 5.14. The highest BCUT2D eigenvalue weighted by atomic mass is 35.5. The summed E-state index contributed by atoms with van der Waals surface area (Å²) in [6, 6.07) is 11.2. The maximum Gasteiger partial charge on any atom is 0.573 e. The van der Waals surface area contributed by atoms with Crippen molar-refractivity contribution < 1.29 is 27.4 Å². The van der Waals surface area contributed by atoms with Crippen LogP contribution in [0.1, 0.15) is 27.5 Å². The molecular formula is C16H15ClF3NO3. The summed E-state index contributed by atoms with van der Waals surface area (Å²) in [5, 5.41) is 0. The second kappa shape index (κ2) is 8.03. The summed E-state index contributed by atoms with van der Waals surface area (Å²) >= 11 is 0. The van der Waals surface area contributed by atoms with Crippen LogP contribution < -0.4 is 10.5 Å². The summed E-state index contributed by atoms with van der Waals surface area (Å²) in [4.78, 5) is 11.4. The van der Waals surface area contributed by atoms with Crippen LogP contribution in [0.3, 0.4) is 0 Å². The Kier molecular flexibility index (Phi) is 6.62. The second-order valence-corrected chi connectivity index (χ2v) is 4.71. The Hall–Kier alpha value is -2.25. The Morgan fingerprint density at radius 1 is 1.00 bits per heavy atom. The largest absolute Gasteiger partial charge is 0.573 e. The van der Waals surface area contributed by atoms with Gasteiger partial charge in [0, 0.05) is 0 Å². The van der Waals surface area contributed by atoms with E-state index in [4.69, 9.17) is 5.73 Å². The third-order valence-corrected chi connectivity index (χ3v) is 3.16. The molecule has 0 amide bonds. The lowest BCUT2D eigenvalue weighted by Gasteiger charge is -2.14. The van der Waals surface area contributed by atoms with Crippen molar-refractivity contribution in [3.63, 3.8) is 0 Å². The predicted molar refractivity (Wildman–Crippen MR) is 84.2 cm³/mol. The SMILES string of the molecule is COC(=O)c1ccc([C@@H](N)c2ccc(OC(F)(F)F)cc2)cc1.Cl. The molecule has 2 N–H and O–H groups in total. The molecule has 130 valence electrons. The Balaban J connectivity index is 0.00000288. The van der Waals surface area contributed by atoms with E-state index in [0.717, 1.165) is 0 Å². The zero-order valence-corrected chi connectivity index (χ0v) is 13.4. The molecule has 0 aliphatic rings. The van der Waals surface area contributed by atoms with Crippen LogP contribution in [-0.2, 0) is 4.74 Å². The first-order valence-corrected chi connectivity index (χ1v) is 6.60. The minimum absolute atomic E-state index is 0. The van der Waals surface area contributed by atoms with Crippen LogP contribution in [0.25, 0.3) is 0 Å². The maximum absolute atomic E-state index is 12.1. The average molecular weight is 362 g/mol. The number of hydrogen-bond acceptors (Lipinski definition) is 4. The minimum atomic E-state index is -4.73. The molecule has 0 spiro atoms. The van der Waals surface area contributed by atoms with Gasteiger partial charge in [0.2, 0.25) is 0 Å². The predicted octanol–water partition coefficient (Wildman–Crippen LogP) is 3.84. The summed E-state index contributed by atoms with van der Waals surface area (Å²) in [6.07, 6.45) is -4.73. The summed E-state index contributed by atoms with van der Waals surface area (Å²) in [5.41, 5.74) is 7.79. The standard InChI is InChI=1S/C16H14F3NO3.ClH/c1-22-15(21)12-4-2-10(3-5-12)14(20)11-6-8-13(9-7-11)23-16(17,18)19;/h2-9,14H,20H2,1H3;1H/t14-;/m1./s1.